The number of fused-ring (bicyclic) bond motifs is 1. The van der Waals surface area contributed by atoms with Crippen LogP contribution in [0.1, 0.15) is 12.7 Å². The molecule has 0 atom stereocenters. The molecule has 0 amide bonds. The van der Waals surface area contributed by atoms with E-state index in [2.05, 4.69) is 11.1 Å². The van der Waals surface area contributed by atoms with Gasteiger partial charge in [-0.15, -0.1) is 0 Å². The lowest BCUT2D eigenvalue weighted by atomic mass is 10.3. The van der Waals surface area contributed by atoms with E-state index in [1.54, 1.807) is 0 Å². The molecule has 0 aliphatic carbocycles. The topological polar surface area (TPSA) is 41.6 Å². The van der Waals surface area contributed by atoms with Crippen molar-refractivity contribution in [3.05, 3.63) is 30.1 Å². The second-order valence-corrected chi connectivity index (χ2v) is 2.78. The van der Waals surface area contributed by atoms with Gasteiger partial charge in [-0.3, -0.25) is 0 Å². The van der Waals surface area contributed by atoms with Gasteiger partial charge in [-0.1, -0.05) is 12.1 Å². The molecule has 0 unspecified atom stereocenters. The van der Waals surface area contributed by atoms with Gasteiger partial charge in [0.05, 0.1) is 11.0 Å². The predicted octanol–water partition coefficient (Wildman–Crippen LogP) is 1.93. The molecule has 1 heterocycles. The van der Waals surface area contributed by atoms with E-state index >= 15 is 0 Å². The van der Waals surface area contributed by atoms with Crippen LogP contribution in [-0.4, -0.2) is 9.55 Å². The number of hydrogen-bond donors (Lipinski definition) is 0. The minimum Gasteiger partial charge on any atom is -0.316 e. The van der Waals surface area contributed by atoms with Crippen molar-refractivity contribution in [2.45, 2.75) is 13.5 Å². The van der Waals surface area contributed by atoms with Crippen LogP contribution < -0.4 is 0 Å². The fraction of sp³-hybridized carbons (Fsp3) is 0.200. The average molecular weight is 171 g/mol. The molecule has 2 aromatic rings. The van der Waals surface area contributed by atoms with Gasteiger partial charge in [0.1, 0.15) is 6.07 Å². The molecule has 3 nitrogen and oxygen atoms in total. The molecule has 1 aromatic carbocycles. The maximum atomic E-state index is 8.82. The number of aromatic nitrogens is 2. The number of hydrogen-bond acceptors (Lipinski definition) is 2. The highest BCUT2D eigenvalue weighted by Gasteiger charge is 2.06. The lowest BCUT2D eigenvalue weighted by Gasteiger charge is -1.98. The highest BCUT2D eigenvalue weighted by molar-refractivity contribution is 5.76. The first-order valence-corrected chi connectivity index (χ1v) is 4.22. The van der Waals surface area contributed by atoms with Crippen molar-refractivity contribution in [2.75, 3.05) is 0 Å². The average Bonchev–Trinajstić information content (AvgIpc) is 2.55. The molecular weight excluding hydrogens is 162 g/mol. The summed E-state index contributed by atoms with van der Waals surface area (Å²) in [6.07, 6.45) is 0. The van der Waals surface area contributed by atoms with E-state index in [1.807, 2.05) is 35.8 Å². The second-order valence-electron chi connectivity index (χ2n) is 2.78. The van der Waals surface area contributed by atoms with Crippen molar-refractivity contribution in [1.82, 2.24) is 9.55 Å². The van der Waals surface area contributed by atoms with Crippen molar-refractivity contribution < 1.29 is 0 Å². The quantitative estimate of drug-likeness (QED) is 0.657. The molecule has 0 aliphatic heterocycles. The van der Waals surface area contributed by atoms with Gasteiger partial charge in [0.15, 0.2) is 0 Å². The summed E-state index contributed by atoms with van der Waals surface area (Å²) in [6.45, 7) is 2.79. The normalized spacial score (nSPS) is 10.2. The number of imidazole rings is 1. The van der Waals surface area contributed by atoms with Gasteiger partial charge in [-0.05, 0) is 19.1 Å². The molecule has 13 heavy (non-hydrogen) atoms. The summed E-state index contributed by atoms with van der Waals surface area (Å²) in [6, 6.07) is 9.87. The Kier molecular flexibility index (Phi) is 1.75. The van der Waals surface area contributed by atoms with Crippen LogP contribution in [0.5, 0.6) is 0 Å². The Balaban J connectivity index is 2.83. The first-order chi connectivity index (χ1) is 6.36. The Morgan fingerprint density at radius 1 is 1.46 bits per heavy atom. The summed E-state index contributed by atoms with van der Waals surface area (Å²) in [7, 11) is 0. The zero-order valence-electron chi connectivity index (χ0n) is 7.36. The van der Waals surface area contributed by atoms with Gasteiger partial charge in [0.25, 0.3) is 0 Å². The minimum atomic E-state index is 0.490. The Labute approximate surface area is 76.2 Å². The third kappa shape index (κ3) is 1.07. The molecular formula is C10H9N3. The number of rotatable bonds is 1. The molecule has 0 fully saturated rings. The summed E-state index contributed by atoms with van der Waals surface area (Å²) in [4.78, 5) is 4.20. The Hall–Kier alpha value is -1.82. The predicted molar refractivity (Wildman–Crippen MR) is 50.1 cm³/mol. The Morgan fingerprint density at radius 2 is 2.23 bits per heavy atom. The number of benzene rings is 1. The fourth-order valence-corrected chi connectivity index (χ4v) is 1.48. The lowest BCUT2D eigenvalue weighted by Crippen LogP contribution is -1.96. The van der Waals surface area contributed by atoms with Crippen molar-refractivity contribution in [1.29, 1.82) is 5.26 Å². The molecule has 2 rings (SSSR count). The van der Waals surface area contributed by atoms with Crippen LogP contribution in [0, 0.1) is 11.3 Å². The van der Waals surface area contributed by atoms with Gasteiger partial charge in [0, 0.05) is 6.54 Å². The van der Waals surface area contributed by atoms with Gasteiger partial charge in [-0.2, -0.15) is 5.26 Å². The van der Waals surface area contributed by atoms with Gasteiger partial charge < -0.3 is 4.57 Å². The number of aryl methyl sites for hydroxylation is 1. The first-order valence-electron chi connectivity index (χ1n) is 4.22. The molecule has 0 spiro atoms. The summed E-state index contributed by atoms with van der Waals surface area (Å²) in [5.41, 5.74) is 1.92. The summed E-state index contributed by atoms with van der Waals surface area (Å²) in [5, 5.41) is 8.82. The van der Waals surface area contributed by atoms with E-state index in [0.29, 0.717) is 5.82 Å². The van der Waals surface area contributed by atoms with Crippen molar-refractivity contribution >= 4 is 11.0 Å². The zero-order valence-corrected chi connectivity index (χ0v) is 7.36. The summed E-state index contributed by atoms with van der Waals surface area (Å²) < 4.78 is 1.91. The fourth-order valence-electron chi connectivity index (χ4n) is 1.48. The van der Waals surface area contributed by atoms with Crippen LogP contribution in [0.15, 0.2) is 24.3 Å². The van der Waals surface area contributed by atoms with Gasteiger partial charge >= 0.3 is 0 Å². The Bertz CT molecular complexity index is 476. The molecule has 0 saturated heterocycles. The van der Waals surface area contributed by atoms with Gasteiger partial charge in [-0.25, -0.2) is 4.98 Å². The zero-order chi connectivity index (χ0) is 9.26. The van der Waals surface area contributed by atoms with Crippen LogP contribution >= 0.6 is 0 Å². The minimum absolute atomic E-state index is 0.490. The smallest absolute Gasteiger partial charge is 0.213 e. The van der Waals surface area contributed by atoms with E-state index in [1.165, 1.54) is 0 Å². The third-order valence-corrected chi connectivity index (χ3v) is 2.07. The molecule has 0 N–H and O–H groups in total. The highest BCUT2D eigenvalue weighted by Crippen LogP contribution is 2.14. The number of nitriles is 1. The van der Waals surface area contributed by atoms with E-state index in [9.17, 15) is 0 Å². The van der Waals surface area contributed by atoms with Gasteiger partial charge in [0.2, 0.25) is 5.82 Å². The number of para-hydroxylation sites is 2. The molecule has 0 saturated carbocycles. The molecule has 0 radical (unpaired) electrons. The number of nitrogens with zero attached hydrogens (tertiary/aromatic N) is 3. The summed E-state index contributed by atoms with van der Waals surface area (Å²) >= 11 is 0. The van der Waals surface area contributed by atoms with E-state index < -0.39 is 0 Å². The molecule has 0 bridgehead atoms. The first kappa shape index (κ1) is 7.81. The maximum absolute atomic E-state index is 8.82. The Morgan fingerprint density at radius 3 is 2.92 bits per heavy atom. The van der Waals surface area contributed by atoms with Crippen LogP contribution in [0.2, 0.25) is 0 Å². The van der Waals surface area contributed by atoms with Crippen molar-refractivity contribution in [3.63, 3.8) is 0 Å². The summed E-state index contributed by atoms with van der Waals surface area (Å²) in [5.74, 6) is 0.490. The largest absolute Gasteiger partial charge is 0.316 e. The lowest BCUT2D eigenvalue weighted by molar-refractivity contribution is 0.773. The third-order valence-electron chi connectivity index (χ3n) is 2.07. The van der Waals surface area contributed by atoms with Crippen LogP contribution in [0.4, 0.5) is 0 Å². The van der Waals surface area contributed by atoms with Crippen LogP contribution in [0.25, 0.3) is 11.0 Å². The maximum Gasteiger partial charge on any atom is 0.213 e. The monoisotopic (exact) mass is 171 g/mol. The molecule has 1 aromatic heterocycles. The molecule has 3 heteroatoms. The molecule has 64 valence electrons. The van der Waals surface area contributed by atoms with Crippen molar-refractivity contribution in [3.8, 4) is 6.07 Å². The standard InChI is InChI=1S/C10H9N3/c1-2-13-9-6-4-3-5-8(9)12-10(13)7-11/h3-6H,2H2,1H3. The van der Waals surface area contributed by atoms with Crippen LogP contribution in [-0.2, 0) is 6.54 Å². The van der Waals surface area contributed by atoms with Crippen molar-refractivity contribution in [2.24, 2.45) is 0 Å². The van der Waals surface area contributed by atoms with E-state index in [4.69, 9.17) is 5.26 Å². The van der Waals surface area contributed by atoms with E-state index in [-0.39, 0.29) is 0 Å². The van der Waals surface area contributed by atoms with Crippen LogP contribution in [0.3, 0.4) is 0 Å². The highest BCUT2D eigenvalue weighted by atomic mass is 15.1. The SMILES string of the molecule is CCn1c(C#N)nc2ccccc21. The second kappa shape index (κ2) is 2.91. The van der Waals surface area contributed by atoms with E-state index in [0.717, 1.165) is 17.6 Å². The molecule has 0 aliphatic rings.